The van der Waals surface area contributed by atoms with Crippen LogP contribution in [0.1, 0.15) is 37.5 Å². The molecule has 3 aromatic carbocycles. The van der Waals surface area contributed by atoms with Crippen LogP contribution in [0.25, 0.3) is 5.70 Å². The number of alkyl halides is 4. The minimum absolute atomic E-state index is 0.0578. The summed E-state index contributed by atoms with van der Waals surface area (Å²) in [6, 6.07) is 17.2. The maximum Gasteiger partial charge on any atom is 0.298 e. The van der Waals surface area contributed by atoms with Crippen molar-refractivity contribution in [3.05, 3.63) is 113 Å². The lowest BCUT2D eigenvalue weighted by molar-refractivity contribution is 0.0232. The molecule has 6 rings (SSSR count). The van der Waals surface area contributed by atoms with Crippen molar-refractivity contribution in [1.82, 2.24) is 14.1 Å². The molecular formula is C34H28F4N6O6S. The summed E-state index contributed by atoms with van der Waals surface area (Å²) >= 11 is 0. The lowest BCUT2D eigenvalue weighted by Crippen LogP contribution is -2.49. The SMILES string of the molecule is COc1ccc(C(=O)Nc2cnn3c2C(=O)N(c2ccc(C(F)(F)c4ccccc4)cc2)[C@H]2CN(S(=O)(=O)CCOCC(F)F)C=C23)cc1C#N. The smallest absolute Gasteiger partial charge is 0.298 e. The first-order chi connectivity index (χ1) is 24.3. The summed E-state index contributed by atoms with van der Waals surface area (Å²) in [4.78, 5) is 28.8. The molecule has 12 nitrogen and oxygen atoms in total. The van der Waals surface area contributed by atoms with Gasteiger partial charge < -0.3 is 14.8 Å². The fourth-order valence-electron chi connectivity index (χ4n) is 5.78. The van der Waals surface area contributed by atoms with Crippen molar-refractivity contribution in [2.75, 3.05) is 42.8 Å². The highest BCUT2D eigenvalue weighted by Crippen LogP contribution is 2.40. The molecule has 2 amide bonds. The molecule has 0 radical (unpaired) electrons. The molecular weight excluding hydrogens is 696 g/mol. The number of hydrogen-bond acceptors (Lipinski definition) is 8. The number of fused-ring (bicyclic) bond motifs is 3. The average molecular weight is 725 g/mol. The number of rotatable bonds is 12. The molecule has 51 heavy (non-hydrogen) atoms. The second-order valence-corrected chi connectivity index (χ2v) is 13.4. The van der Waals surface area contributed by atoms with Crippen LogP contribution in [0.2, 0.25) is 0 Å². The molecule has 0 saturated heterocycles. The standard InChI is InChI=1S/C34H28F4N6O6S/c1-49-29-12-7-21(15-22(29)16-39)32(45)41-26-17-40-44-28-19-42(51(47,48)14-13-50-20-30(35)36)18-27(28)43(33(46)31(26)44)25-10-8-24(9-11-25)34(37,38)23-5-3-2-4-6-23/h2-12,15,17,19,27,30H,13-14,18,20H2,1H3,(H,41,45)/t27-/m0/s1. The number of carbonyl (C=O) groups is 2. The van der Waals surface area contributed by atoms with E-state index in [9.17, 15) is 32.0 Å². The van der Waals surface area contributed by atoms with E-state index in [1.165, 1.54) is 83.7 Å². The normalized spacial score (nSPS) is 15.7. The van der Waals surface area contributed by atoms with Crippen LogP contribution in [0.3, 0.4) is 0 Å². The third-order valence-electron chi connectivity index (χ3n) is 8.28. The first kappa shape index (κ1) is 35.1. The quantitative estimate of drug-likeness (QED) is 0.160. The Balaban J connectivity index is 1.36. The number of nitrogens with one attached hydrogen (secondary N) is 1. The molecule has 1 N–H and O–H groups in total. The number of amides is 2. The highest BCUT2D eigenvalue weighted by atomic mass is 32.2. The lowest BCUT2D eigenvalue weighted by atomic mass is 9.99. The number of methoxy groups -OCH3 is 1. The topological polar surface area (TPSA) is 147 Å². The van der Waals surface area contributed by atoms with E-state index in [1.54, 1.807) is 6.07 Å². The van der Waals surface area contributed by atoms with Crippen molar-refractivity contribution >= 4 is 38.9 Å². The van der Waals surface area contributed by atoms with Gasteiger partial charge in [0.05, 0.1) is 55.2 Å². The summed E-state index contributed by atoms with van der Waals surface area (Å²) in [6.45, 7) is -1.77. The van der Waals surface area contributed by atoms with Crippen LogP contribution >= 0.6 is 0 Å². The van der Waals surface area contributed by atoms with Gasteiger partial charge in [-0.25, -0.2) is 21.9 Å². The van der Waals surface area contributed by atoms with E-state index in [4.69, 9.17) is 9.47 Å². The van der Waals surface area contributed by atoms with E-state index >= 15 is 8.78 Å². The van der Waals surface area contributed by atoms with Gasteiger partial charge in [0.25, 0.3) is 24.2 Å². The number of aromatic nitrogens is 2. The highest BCUT2D eigenvalue weighted by Gasteiger charge is 2.46. The van der Waals surface area contributed by atoms with E-state index < -0.39 is 59.2 Å². The molecule has 0 aliphatic carbocycles. The number of benzene rings is 3. The van der Waals surface area contributed by atoms with Crippen LogP contribution in [0.5, 0.6) is 5.75 Å². The Morgan fingerprint density at radius 1 is 1.10 bits per heavy atom. The maximum absolute atomic E-state index is 15.4. The molecule has 2 aliphatic rings. The first-order valence-corrected chi connectivity index (χ1v) is 16.9. The molecule has 2 aliphatic heterocycles. The van der Waals surface area contributed by atoms with Crippen molar-refractivity contribution < 1.29 is 45.0 Å². The number of halogens is 4. The summed E-state index contributed by atoms with van der Waals surface area (Å²) in [7, 11) is -2.79. The summed E-state index contributed by atoms with van der Waals surface area (Å²) in [6.07, 6.45) is -0.357. The molecule has 1 aromatic heterocycles. The summed E-state index contributed by atoms with van der Waals surface area (Å²) in [5.74, 6) is -5.21. The average Bonchev–Trinajstić information content (AvgIpc) is 3.76. The molecule has 0 fully saturated rings. The number of anilines is 2. The largest absolute Gasteiger partial charge is 0.495 e. The van der Waals surface area contributed by atoms with Crippen LogP contribution in [0.4, 0.5) is 28.9 Å². The van der Waals surface area contributed by atoms with Crippen molar-refractivity contribution in [2.24, 2.45) is 0 Å². The van der Waals surface area contributed by atoms with Gasteiger partial charge in [-0.2, -0.15) is 19.1 Å². The van der Waals surface area contributed by atoms with E-state index in [2.05, 4.69) is 10.4 Å². The number of nitriles is 1. The van der Waals surface area contributed by atoms with Gasteiger partial charge in [0, 0.05) is 28.6 Å². The molecule has 17 heteroatoms. The third-order valence-corrected chi connectivity index (χ3v) is 9.93. The van der Waals surface area contributed by atoms with Gasteiger partial charge in [0.1, 0.15) is 18.4 Å². The third kappa shape index (κ3) is 6.75. The molecule has 0 bridgehead atoms. The fourth-order valence-corrected chi connectivity index (χ4v) is 6.98. The summed E-state index contributed by atoms with van der Waals surface area (Å²) in [5, 5.41) is 16.3. The Hall–Kier alpha value is -5.73. The van der Waals surface area contributed by atoms with E-state index in [1.807, 2.05) is 6.07 Å². The minimum atomic E-state index is -4.16. The monoisotopic (exact) mass is 724 g/mol. The van der Waals surface area contributed by atoms with Crippen LogP contribution in [0.15, 0.2) is 85.2 Å². The molecule has 4 aromatic rings. The molecule has 3 heterocycles. The molecule has 0 saturated carbocycles. The van der Waals surface area contributed by atoms with Gasteiger partial charge in [0.15, 0.2) is 5.69 Å². The number of ether oxygens (including phenoxy) is 2. The zero-order valence-electron chi connectivity index (χ0n) is 26.7. The van der Waals surface area contributed by atoms with Gasteiger partial charge in [-0.05, 0) is 30.3 Å². The Labute approximate surface area is 289 Å². The Morgan fingerprint density at radius 2 is 1.80 bits per heavy atom. The number of sulfonamides is 1. The van der Waals surface area contributed by atoms with Gasteiger partial charge in [-0.15, -0.1) is 0 Å². The van der Waals surface area contributed by atoms with Crippen LogP contribution < -0.4 is 15.0 Å². The Kier molecular flexibility index (Phi) is 9.56. The van der Waals surface area contributed by atoms with Crippen LogP contribution in [0, 0.1) is 11.3 Å². The zero-order valence-corrected chi connectivity index (χ0v) is 27.5. The second kappa shape index (κ2) is 13.9. The van der Waals surface area contributed by atoms with Crippen LogP contribution in [-0.4, -0.2) is 79.4 Å². The fraction of sp³-hybridized carbons (Fsp3) is 0.235. The summed E-state index contributed by atoms with van der Waals surface area (Å²) in [5.41, 5.74) is -0.341. The van der Waals surface area contributed by atoms with Crippen molar-refractivity contribution in [3.63, 3.8) is 0 Å². The van der Waals surface area contributed by atoms with E-state index in [-0.39, 0.29) is 57.3 Å². The maximum atomic E-state index is 15.4. The van der Waals surface area contributed by atoms with Gasteiger partial charge in [-0.3, -0.25) is 18.8 Å². The number of carbonyl (C=O) groups excluding carboxylic acids is 2. The Bertz CT molecular complexity index is 2150. The second-order valence-electron chi connectivity index (χ2n) is 11.4. The Morgan fingerprint density at radius 3 is 2.47 bits per heavy atom. The predicted molar refractivity (Wildman–Crippen MR) is 176 cm³/mol. The van der Waals surface area contributed by atoms with Gasteiger partial charge in [0.2, 0.25) is 10.0 Å². The number of hydrogen-bond donors (Lipinski definition) is 1. The predicted octanol–water partition coefficient (Wildman–Crippen LogP) is 4.91. The van der Waals surface area contributed by atoms with Crippen LogP contribution in [-0.2, 0) is 20.7 Å². The first-order valence-electron chi connectivity index (χ1n) is 15.3. The van der Waals surface area contributed by atoms with E-state index in [0.717, 1.165) is 16.4 Å². The van der Waals surface area contributed by atoms with Crippen molar-refractivity contribution in [2.45, 2.75) is 18.4 Å². The zero-order chi connectivity index (χ0) is 36.5. The van der Waals surface area contributed by atoms with Crippen molar-refractivity contribution in [3.8, 4) is 11.8 Å². The van der Waals surface area contributed by atoms with Crippen molar-refractivity contribution in [1.29, 1.82) is 5.26 Å². The van der Waals surface area contributed by atoms with Gasteiger partial charge >= 0.3 is 0 Å². The molecule has 1 atom stereocenters. The molecule has 264 valence electrons. The number of nitrogens with zero attached hydrogens (tertiary/aromatic N) is 5. The van der Waals surface area contributed by atoms with Gasteiger partial charge in [-0.1, -0.05) is 42.5 Å². The lowest BCUT2D eigenvalue weighted by Gasteiger charge is -2.35. The summed E-state index contributed by atoms with van der Waals surface area (Å²) < 4.78 is 94.3. The molecule has 0 unspecified atom stereocenters. The minimum Gasteiger partial charge on any atom is -0.495 e. The molecule has 0 spiro atoms. The van der Waals surface area contributed by atoms with E-state index in [0.29, 0.717) is 0 Å². The highest BCUT2D eigenvalue weighted by molar-refractivity contribution is 7.89.